The molecule has 21 heavy (non-hydrogen) atoms. The van der Waals surface area contributed by atoms with Gasteiger partial charge in [-0.2, -0.15) is 0 Å². The van der Waals surface area contributed by atoms with Gasteiger partial charge in [0.1, 0.15) is 11.6 Å². The van der Waals surface area contributed by atoms with Crippen molar-refractivity contribution in [2.75, 3.05) is 20.2 Å². The lowest BCUT2D eigenvalue weighted by Gasteiger charge is -2.40. The average Bonchev–Trinajstić information content (AvgIpc) is 2.35. The van der Waals surface area contributed by atoms with Gasteiger partial charge in [0, 0.05) is 41.7 Å². The molecule has 2 unspecified atom stereocenters. The van der Waals surface area contributed by atoms with Crippen LogP contribution in [-0.2, 0) is 19.1 Å². The van der Waals surface area contributed by atoms with Crippen LogP contribution in [0.15, 0.2) is 0 Å². The molecule has 1 saturated heterocycles. The van der Waals surface area contributed by atoms with Crippen LogP contribution in [0.1, 0.15) is 27.2 Å². The zero-order chi connectivity index (χ0) is 16.2. The van der Waals surface area contributed by atoms with Gasteiger partial charge in [-0.15, -0.1) is 0 Å². The number of halogens is 1. The topological polar surface area (TPSA) is 84.9 Å². The molecule has 1 aliphatic heterocycles. The maximum absolute atomic E-state index is 12.2. The molecule has 1 amide bonds. The smallest absolute Gasteiger partial charge is 0.411 e. The van der Waals surface area contributed by atoms with Gasteiger partial charge in [0.05, 0.1) is 13.5 Å². The number of hydrogen-bond acceptors (Lipinski definition) is 6. The van der Waals surface area contributed by atoms with Gasteiger partial charge in [-0.1, -0.05) is 0 Å². The van der Waals surface area contributed by atoms with Crippen molar-refractivity contribution in [1.82, 2.24) is 10.2 Å². The highest BCUT2D eigenvalue weighted by molar-refractivity contribution is 14.1. The molecule has 1 heterocycles. The van der Waals surface area contributed by atoms with Crippen LogP contribution in [0.5, 0.6) is 0 Å². The molecular weight excluding hydrogens is 391 g/mol. The normalized spacial score (nSPS) is 22.6. The van der Waals surface area contributed by atoms with Gasteiger partial charge >= 0.3 is 12.1 Å². The van der Waals surface area contributed by atoms with Gasteiger partial charge in [-0.05, 0) is 20.8 Å². The molecule has 1 aliphatic rings. The summed E-state index contributed by atoms with van der Waals surface area (Å²) in [6.45, 7) is 6.13. The lowest BCUT2D eigenvalue weighted by Crippen LogP contribution is -2.62. The molecule has 0 radical (unpaired) electrons. The van der Waals surface area contributed by atoms with Gasteiger partial charge < -0.3 is 14.8 Å². The molecule has 120 valence electrons. The Morgan fingerprint density at radius 1 is 1.33 bits per heavy atom. The molecule has 0 aliphatic carbocycles. The van der Waals surface area contributed by atoms with Crippen LogP contribution in [0.25, 0.3) is 0 Å². The summed E-state index contributed by atoms with van der Waals surface area (Å²) in [5.74, 6) is -0.429. The van der Waals surface area contributed by atoms with E-state index in [0.29, 0.717) is 13.1 Å². The summed E-state index contributed by atoms with van der Waals surface area (Å²) < 4.78 is 9.73. The SMILES string of the molecule is COC(=O)CC1NCCN(C(=O)OC(C)(C)C)C1C(=O)I. The Bertz CT molecular complexity index is 421. The third-order valence-corrected chi connectivity index (χ3v) is 3.59. The maximum atomic E-state index is 12.2. The van der Waals surface area contributed by atoms with E-state index in [1.54, 1.807) is 43.4 Å². The van der Waals surface area contributed by atoms with Crippen LogP contribution < -0.4 is 5.32 Å². The van der Waals surface area contributed by atoms with Crippen molar-refractivity contribution in [3.8, 4) is 0 Å². The summed E-state index contributed by atoms with van der Waals surface area (Å²) in [5.41, 5.74) is -0.640. The van der Waals surface area contributed by atoms with Crippen molar-refractivity contribution in [2.24, 2.45) is 0 Å². The number of ether oxygens (including phenoxy) is 2. The van der Waals surface area contributed by atoms with Gasteiger partial charge in [-0.25, -0.2) is 4.79 Å². The lowest BCUT2D eigenvalue weighted by atomic mass is 10.0. The molecule has 0 aromatic heterocycles. The number of nitrogens with zero attached hydrogens (tertiary/aromatic N) is 1. The van der Waals surface area contributed by atoms with Crippen LogP contribution in [0.2, 0.25) is 0 Å². The summed E-state index contributed by atoms with van der Waals surface area (Å²) in [6.07, 6.45) is -0.524. The summed E-state index contributed by atoms with van der Waals surface area (Å²) in [4.78, 5) is 37.0. The quantitative estimate of drug-likeness (QED) is 0.425. The van der Waals surface area contributed by atoms with Crippen molar-refractivity contribution < 1.29 is 23.9 Å². The van der Waals surface area contributed by atoms with Crippen LogP contribution in [0, 0.1) is 0 Å². The summed E-state index contributed by atoms with van der Waals surface area (Å²) in [5, 5.41) is 3.09. The van der Waals surface area contributed by atoms with Crippen molar-refractivity contribution in [2.45, 2.75) is 44.9 Å². The van der Waals surface area contributed by atoms with Crippen LogP contribution >= 0.6 is 22.6 Å². The largest absolute Gasteiger partial charge is 0.469 e. The first-order valence-electron chi connectivity index (χ1n) is 6.65. The van der Waals surface area contributed by atoms with E-state index in [9.17, 15) is 14.4 Å². The number of methoxy groups -OCH3 is 1. The van der Waals surface area contributed by atoms with E-state index < -0.39 is 29.7 Å². The van der Waals surface area contributed by atoms with E-state index in [4.69, 9.17) is 4.74 Å². The van der Waals surface area contributed by atoms with E-state index in [1.807, 2.05) is 0 Å². The third kappa shape index (κ3) is 5.42. The van der Waals surface area contributed by atoms with Crippen LogP contribution in [-0.4, -0.2) is 58.6 Å². The van der Waals surface area contributed by atoms with Gasteiger partial charge in [0.25, 0.3) is 0 Å². The number of piperazine rings is 1. The second kappa shape index (κ2) is 7.39. The van der Waals surface area contributed by atoms with E-state index in [-0.39, 0.29) is 10.2 Å². The molecular formula is C13H21IN2O5. The van der Waals surface area contributed by atoms with Gasteiger partial charge in [-0.3, -0.25) is 14.5 Å². The Morgan fingerprint density at radius 3 is 2.43 bits per heavy atom. The number of hydrogen-bond donors (Lipinski definition) is 1. The number of rotatable bonds is 3. The third-order valence-electron chi connectivity index (χ3n) is 2.95. The second-order valence-electron chi connectivity index (χ2n) is 5.76. The van der Waals surface area contributed by atoms with Crippen LogP contribution in [0.3, 0.4) is 0 Å². The first-order valence-corrected chi connectivity index (χ1v) is 7.72. The zero-order valence-electron chi connectivity index (χ0n) is 12.6. The summed E-state index contributed by atoms with van der Waals surface area (Å²) in [7, 11) is 1.29. The van der Waals surface area contributed by atoms with E-state index >= 15 is 0 Å². The van der Waals surface area contributed by atoms with Crippen molar-refractivity contribution in [3.05, 3.63) is 0 Å². The first-order chi connectivity index (χ1) is 9.65. The first kappa shape index (κ1) is 18.1. The molecule has 0 aromatic rings. The zero-order valence-corrected chi connectivity index (χ0v) is 14.8. The highest BCUT2D eigenvalue weighted by atomic mass is 127. The number of carbonyl (C=O) groups excluding carboxylic acids is 3. The Balaban J connectivity index is 2.89. The average molecular weight is 412 g/mol. The van der Waals surface area contributed by atoms with E-state index in [0.717, 1.165) is 0 Å². The Morgan fingerprint density at radius 2 is 1.95 bits per heavy atom. The molecule has 0 bridgehead atoms. The Hall–Kier alpha value is -0.900. The highest BCUT2D eigenvalue weighted by Crippen LogP contribution is 2.20. The minimum Gasteiger partial charge on any atom is -0.469 e. The Labute approximate surface area is 137 Å². The molecule has 0 aromatic carbocycles. The second-order valence-corrected chi connectivity index (χ2v) is 6.83. The molecule has 0 spiro atoms. The monoisotopic (exact) mass is 412 g/mol. The van der Waals surface area contributed by atoms with E-state index in [2.05, 4.69) is 10.1 Å². The number of carbonyl (C=O) groups is 3. The van der Waals surface area contributed by atoms with Crippen LogP contribution in [0.4, 0.5) is 4.79 Å². The summed E-state index contributed by atoms with van der Waals surface area (Å²) in [6, 6.07) is -1.21. The van der Waals surface area contributed by atoms with Crippen molar-refractivity contribution in [3.63, 3.8) is 0 Å². The fourth-order valence-electron chi connectivity index (χ4n) is 2.09. The number of amides is 1. The predicted molar refractivity (Wildman–Crippen MR) is 84.2 cm³/mol. The summed E-state index contributed by atoms with van der Waals surface area (Å²) >= 11 is 1.64. The molecule has 8 heteroatoms. The van der Waals surface area contributed by atoms with E-state index in [1.165, 1.54) is 12.0 Å². The maximum Gasteiger partial charge on any atom is 0.411 e. The lowest BCUT2D eigenvalue weighted by molar-refractivity contribution is -0.142. The van der Waals surface area contributed by atoms with Gasteiger partial charge in [0.15, 0.2) is 0 Å². The fourth-order valence-corrected chi connectivity index (χ4v) is 2.86. The Kier molecular flexibility index (Phi) is 6.39. The molecule has 1 rings (SSSR count). The van der Waals surface area contributed by atoms with Crippen molar-refractivity contribution >= 4 is 38.4 Å². The minimum absolute atomic E-state index is 0.0230. The van der Waals surface area contributed by atoms with Gasteiger partial charge in [0.2, 0.25) is 3.79 Å². The minimum atomic E-state index is -0.742. The molecule has 1 fully saturated rings. The number of nitrogens with one attached hydrogen (secondary N) is 1. The number of esters is 1. The highest BCUT2D eigenvalue weighted by Gasteiger charge is 2.40. The molecule has 2 atom stereocenters. The standard InChI is InChI=1S/C13H21IN2O5/c1-13(2,3)21-12(19)16-6-5-15-8(7-9(17)20-4)10(16)11(14)18/h8,10,15H,5-7H2,1-4H3. The predicted octanol–water partition coefficient (Wildman–Crippen LogP) is 1.09. The van der Waals surface area contributed by atoms with Crippen molar-refractivity contribution in [1.29, 1.82) is 0 Å². The molecule has 7 nitrogen and oxygen atoms in total. The fraction of sp³-hybridized carbons (Fsp3) is 0.769. The molecule has 1 N–H and O–H groups in total. The molecule has 0 saturated carbocycles.